The van der Waals surface area contributed by atoms with Gasteiger partial charge < -0.3 is 4.74 Å². The fourth-order valence-corrected chi connectivity index (χ4v) is 0.676. The SMILES string of the molecule is COCC([O])NC(C)(C)C. The molecule has 0 rings (SSSR count). The molecule has 1 unspecified atom stereocenters. The molecule has 0 aromatic heterocycles. The first-order valence-corrected chi connectivity index (χ1v) is 3.38. The number of methoxy groups -OCH3 is 1. The number of hydrogen-bond donors (Lipinski definition) is 1. The van der Waals surface area contributed by atoms with Gasteiger partial charge in [0.1, 0.15) is 0 Å². The summed E-state index contributed by atoms with van der Waals surface area (Å²) in [7, 11) is 1.52. The summed E-state index contributed by atoms with van der Waals surface area (Å²) in [6.45, 7) is 6.08. The van der Waals surface area contributed by atoms with E-state index in [2.05, 4.69) is 10.1 Å². The molecule has 0 bridgehead atoms. The highest BCUT2D eigenvalue weighted by Gasteiger charge is 2.15. The van der Waals surface area contributed by atoms with Gasteiger partial charge in [-0.2, -0.15) is 0 Å². The van der Waals surface area contributed by atoms with Crippen molar-refractivity contribution in [1.29, 1.82) is 0 Å². The summed E-state index contributed by atoms with van der Waals surface area (Å²) in [6, 6.07) is 0. The smallest absolute Gasteiger partial charge is 0.167 e. The lowest BCUT2D eigenvalue weighted by Crippen LogP contribution is -2.44. The fourth-order valence-electron chi connectivity index (χ4n) is 0.676. The maximum absolute atomic E-state index is 10.9. The Balaban J connectivity index is 3.47. The molecule has 0 aliphatic heterocycles. The van der Waals surface area contributed by atoms with Crippen molar-refractivity contribution in [2.45, 2.75) is 32.5 Å². The first-order valence-electron chi connectivity index (χ1n) is 3.38. The van der Waals surface area contributed by atoms with Crippen molar-refractivity contribution in [1.82, 2.24) is 5.32 Å². The third kappa shape index (κ3) is 6.01. The maximum Gasteiger partial charge on any atom is 0.167 e. The molecule has 0 aliphatic rings. The number of rotatable bonds is 3. The lowest BCUT2D eigenvalue weighted by Gasteiger charge is -2.23. The summed E-state index contributed by atoms with van der Waals surface area (Å²) >= 11 is 0. The fraction of sp³-hybridized carbons (Fsp3) is 1.00. The van der Waals surface area contributed by atoms with Crippen LogP contribution >= 0.6 is 0 Å². The molecule has 0 aliphatic carbocycles. The second-order valence-corrected chi connectivity index (χ2v) is 3.34. The van der Waals surface area contributed by atoms with Gasteiger partial charge in [-0.3, -0.25) is 5.32 Å². The van der Waals surface area contributed by atoms with Crippen LogP contribution in [-0.2, 0) is 9.84 Å². The molecular formula is C7H16NO2. The largest absolute Gasteiger partial charge is 0.380 e. The molecule has 0 spiro atoms. The average Bonchev–Trinajstić information content (AvgIpc) is 1.59. The van der Waals surface area contributed by atoms with Crippen LogP contribution in [0.1, 0.15) is 20.8 Å². The van der Waals surface area contributed by atoms with Crippen LogP contribution in [0.25, 0.3) is 0 Å². The van der Waals surface area contributed by atoms with Gasteiger partial charge in [0.25, 0.3) is 0 Å². The molecule has 61 valence electrons. The van der Waals surface area contributed by atoms with Crippen LogP contribution in [0.3, 0.4) is 0 Å². The molecule has 1 N–H and O–H groups in total. The standard InChI is InChI=1S/C7H16NO2/c1-7(2,3)8-6(9)5-10-4/h6,8H,5H2,1-4H3. The van der Waals surface area contributed by atoms with Gasteiger partial charge in [0.15, 0.2) is 6.23 Å². The predicted molar refractivity (Wildman–Crippen MR) is 39.2 cm³/mol. The van der Waals surface area contributed by atoms with Crippen molar-refractivity contribution in [2.75, 3.05) is 13.7 Å². The molecule has 0 saturated heterocycles. The zero-order valence-electron chi connectivity index (χ0n) is 7.10. The number of nitrogens with one attached hydrogen (secondary N) is 1. The molecule has 0 amide bonds. The summed E-state index contributed by atoms with van der Waals surface area (Å²) in [5, 5.41) is 13.7. The van der Waals surface area contributed by atoms with Crippen molar-refractivity contribution >= 4 is 0 Å². The third-order valence-corrected chi connectivity index (χ3v) is 0.912. The second kappa shape index (κ2) is 3.91. The molecule has 0 saturated carbocycles. The minimum absolute atomic E-state index is 0.120. The van der Waals surface area contributed by atoms with E-state index in [-0.39, 0.29) is 12.1 Å². The van der Waals surface area contributed by atoms with Gasteiger partial charge in [0.05, 0.1) is 6.61 Å². The lowest BCUT2D eigenvalue weighted by molar-refractivity contribution is -0.0206. The van der Waals surface area contributed by atoms with Gasteiger partial charge >= 0.3 is 0 Å². The minimum Gasteiger partial charge on any atom is -0.380 e. The topological polar surface area (TPSA) is 41.2 Å². The van der Waals surface area contributed by atoms with E-state index in [0.29, 0.717) is 0 Å². The van der Waals surface area contributed by atoms with E-state index in [0.717, 1.165) is 0 Å². The molecule has 0 aromatic rings. The van der Waals surface area contributed by atoms with Crippen LogP contribution in [-0.4, -0.2) is 25.5 Å². The van der Waals surface area contributed by atoms with E-state index < -0.39 is 6.23 Å². The Kier molecular flexibility index (Phi) is 3.86. The Hall–Kier alpha value is -0.120. The van der Waals surface area contributed by atoms with Crippen LogP contribution in [0.4, 0.5) is 0 Å². The number of hydrogen-bond acceptors (Lipinski definition) is 2. The van der Waals surface area contributed by atoms with Crippen molar-refractivity contribution in [2.24, 2.45) is 0 Å². The molecule has 3 heteroatoms. The van der Waals surface area contributed by atoms with Gasteiger partial charge in [0, 0.05) is 12.6 Å². The minimum atomic E-state index is -0.815. The Labute approximate surface area is 62.4 Å². The van der Waals surface area contributed by atoms with E-state index in [1.165, 1.54) is 7.11 Å². The van der Waals surface area contributed by atoms with E-state index in [1.54, 1.807) is 0 Å². The second-order valence-electron chi connectivity index (χ2n) is 3.34. The molecule has 0 heterocycles. The quantitative estimate of drug-likeness (QED) is 0.598. The van der Waals surface area contributed by atoms with Crippen LogP contribution in [0.15, 0.2) is 0 Å². The monoisotopic (exact) mass is 146 g/mol. The zero-order chi connectivity index (χ0) is 8.20. The van der Waals surface area contributed by atoms with Gasteiger partial charge in [0.2, 0.25) is 0 Å². The van der Waals surface area contributed by atoms with E-state index >= 15 is 0 Å². The molecule has 1 radical (unpaired) electrons. The van der Waals surface area contributed by atoms with Gasteiger partial charge in [-0.05, 0) is 20.8 Å². The Bertz CT molecular complexity index is 88.1. The predicted octanol–water partition coefficient (Wildman–Crippen LogP) is 0.777. The summed E-state index contributed by atoms with van der Waals surface area (Å²) in [6.07, 6.45) is -0.815. The molecule has 0 aromatic carbocycles. The molecule has 0 fully saturated rings. The zero-order valence-corrected chi connectivity index (χ0v) is 7.10. The lowest BCUT2D eigenvalue weighted by atomic mass is 10.1. The van der Waals surface area contributed by atoms with Gasteiger partial charge in [-0.1, -0.05) is 0 Å². The molecule has 3 nitrogen and oxygen atoms in total. The summed E-state index contributed by atoms with van der Waals surface area (Å²) < 4.78 is 4.67. The summed E-state index contributed by atoms with van der Waals surface area (Å²) in [4.78, 5) is 0. The van der Waals surface area contributed by atoms with Crippen molar-refractivity contribution in [3.05, 3.63) is 0 Å². The van der Waals surface area contributed by atoms with Gasteiger partial charge in [-0.25, -0.2) is 5.11 Å². The van der Waals surface area contributed by atoms with Crippen molar-refractivity contribution < 1.29 is 9.84 Å². The molecule has 10 heavy (non-hydrogen) atoms. The van der Waals surface area contributed by atoms with E-state index in [1.807, 2.05) is 20.8 Å². The third-order valence-electron chi connectivity index (χ3n) is 0.912. The summed E-state index contributed by atoms with van der Waals surface area (Å²) in [5.41, 5.74) is -0.120. The molecule has 1 atom stereocenters. The first kappa shape index (κ1) is 9.88. The van der Waals surface area contributed by atoms with Crippen LogP contribution < -0.4 is 5.32 Å². The normalized spacial score (nSPS) is 15.3. The highest BCUT2D eigenvalue weighted by Crippen LogP contribution is 1.99. The Morgan fingerprint density at radius 3 is 2.30 bits per heavy atom. The van der Waals surface area contributed by atoms with Crippen LogP contribution in [0.2, 0.25) is 0 Å². The first-order chi connectivity index (χ1) is 4.45. The van der Waals surface area contributed by atoms with Crippen molar-refractivity contribution in [3.63, 3.8) is 0 Å². The van der Waals surface area contributed by atoms with E-state index in [4.69, 9.17) is 0 Å². The Morgan fingerprint density at radius 2 is 2.00 bits per heavy atom. The van der Waals surface area contributed by atoms with Crippen LogP contribution in [0.5, 0.6) is 0 Å². The van der Waals surface area contributed by atoms with Crippen molar-refractivity contribution in [3.8, 4) is 0 Å². The molecular weight excluding hydrogens is 130 g/mol. The number of ether oxygens (including phenoxy) is 1. The van der Waals surface area contributed by atoms with Gasteiger partial charge in [-0.15, -0.1) is 0 Å². The highest BCUT2D eigenvalue weighted by atomic mass is 16.5. The average molecular weight is 146 g/mol. The van der Waals surface area contributed by atoms with E-state index in [9.17, 15) is 5.11 Å². The summed E-state index contributed by atoms with van der Waals surface area (Å²) in [5.74, 6) is 0. The van der Waals surface area contributed by atoms with Crippen LogP contribution in [0, 0.1) is 0 Å². The highest BCUT2D eigenvalue weighted by molar-refractivity contribution is 4.71. The Morgan fingerprint density at radius 1 is 1.50 bits per heavy atom. The maximum atomic E-state index is 10.9.